The van der Waals surface area contributed by atoms with Crippen molar-refractivity contribution in [3.8, 4) is 17.6 Å². The maximum Gasteiger partial charge on any atom is 0.321 e. The highest BCUT2D eigenvalue weighted by Crippen LogP contribution is 2.28. The van der Waals surface area contributed by atoms with Crippen molar-refractivity contribution in [1.29, 1.82) is 5.26 Å². The van der Waals surface area contributed by atoms with E-state index in [-0.39, 0.29) is 11.3 Å². The van der Waals surface area contributed by atoms with Gasteiger partial charge in [-0.3, -0.25) is 10.1 Å². The Bertz CT molecular complexity index is 410. The van der Waals surface area contributed by atoms with E-state index in [1.807, 2.05) is 0 Å². The Kier molecular flexibility index (Phi) is 2.53. The number of phenols is 2. The molecule has 0 aliphatic rings. The number of hydrogen-bond donors (Lipinski definition) is 2. The van der Waals surface area contributed by atoms with Crippen molar-refractivity contribution in [2.45, 2.75) is 6.04 Å². The molecule has 0 amide bonds. The minimum atomic E-state index is -1.53. The number of hydrogen-bond acceptors (Lipinski definition) is 5. The van der Waals surface area contributed by atoms with Crippen molar-refractivity contribution >= 4 is 0 Å². The summed E-state index contributed by atoms with van der Waals surface area (Å²) in [5.41, 5.74) is 0.0350. The average molecular weight is 194 g/mol. The van der Waals surface area contributed by atoms with Crippen LogP contribution >= 0.6 is 0 Å². The van der Waals surface area contributed by atoms with Gasteiger partial charge in [-0.1, -0.05) is 0 Å². The molecule has 1 atom stereocenters. The molecule has 72 valence electrons. The lowest BCUT2D eigenvalue weighted by molar-refractivity contribution is -0.512. The molecule has 14 heavy (non-hydrogen) atoms. The first kappa shape index (κ1) is 9.80. The van der Waals surface area contributed by atoms with Gasteiger partial charge >= 0.3 is 6.04 Å². The van der Waals surface area contributed by atoms with Crippen molar-refractivity contribution in [3.63, 3.8) is 0 Å². The summed E-state index contributed by atoms with van der Waals surface area (Å²) in [6.07, 6.45) is 0. The number of phenolic OH excluding ortho intramolecular Hbond substituents is 2. The highest BCUT2D eigenvalue weighted by atomic mass is 16.6. The summed E-state index contributed by atoms with van der Waals surface area (Å²) < 4.78 is 0. The molecule has 0 fully saturated rings. The Morgan fingerprint density at radius 2 is 2.07 bits per heavy atom. The van der Waals surface area contributed by atoms with E-state index in [0.29, 0.717) is 0 Å². The molecule has 0 saturated carbocycles. The summed E-state index contributed by atoms with van der Waals surface area (Å²) >= 11 is 0. The van der Waals surface area contributed by atoms with Crippen LogP contribution in [-0.2, 0) is 0 Å². The van der Waals surface area contributed by atoms with E-state index < -0.39 is 16.7 Å². The topological polar surface area (TPSA) is 107 Å². The lowest BCUT2D eigenvalue weighted by Crippen LogP contribution is -2.07. The number of nitrogens with zero attached hydrogens (tertiary/aromatic N) is 2. The fourth-order valence-corrected chi connectivity index (χ4v) is 0.954. The standard InChI is InChI=1S/C8H6N2O4/c9-4-6(10(13)14)5-1-2-7(11)8(12)3-5/h1-3,6,11-12H. The lowest BCUT2D eigenvalue weighted by atomic mass is 10.1. The van der Waals surface area contributed by atoms with Crippen LogP contribution in [-0.4, -0.2) is 15.1 Å². The van der Waals surface area contributed by atoms with Crippen LogP contribution in [0.2, 0.25) is 0 Å². The van der Waals surface area contributed by atoms with Crippen molar-refractivity contribution in [2.75, 3.05) is 0 Å². The summed E-state index contributed by atoms with van der Waals surface area (Å²) in [7, 11) is 0. The van der Waals surface area contributed by atoms with Gasteiger partial charge in [0.25, 0.3) is 0 Å². The maximum atomic E-state index is 10.4. The number of benzene rings is 1. The summed E-state index contributed by atoms with van der Waals surface area (Å²) in [4.78, 5) is 9.59. The van der Waals surface area contributed by atoms with Crippen LogP contribution in [0.15, 0.2) is 18.2 Å². The van der Waals surface area contributed by atoms with Gasteiger partial charge < -0.3 is 10.2 Å². The van der Waals surface area contributed by atoms with Crippen LogP contribution in [0.4, 0.5) is 0 Å². The van der Waals surface area contributed by atoms with E-state index in [9.17, 15) is 10.1 Å². The smallest absolute Gasteiger partial charge is 0.321 e. The monoisotopic (exact) mass is 194 g/mol. The Hall–Kier alpha value is -2.29. The van der Waals surface area contributed by atoms with E-state index >= 15 is 0 Å². The van der Waals surface area contributed by atoms with E-state index in [4.69, 9.17) is 15.5 Å². The lowest BCUT2D eigenvalue weighted by Gasteiger charge is -2.02. The van der Waals surface area contributed by atoms with Gasteiger partial charge in [0.1, 0.15) is 6.07 Å². The third kappa shape index (κ3) is 1.72. The van der Waals surface area contributed by atoms with Crippen LogP contribution in [0, 0.1) is 21.4 Å². The van der Waals surface area contributed by atoms with Crippen LogP contribution in [0.5, 0.6) is 11.5 Å². The second-order valence-electron chi connectivity index (χ2n) is 2.57. The molecule has 6 nitrogen and oxygen atoms in total. The highest BCUT2D eigenvalue weighted by molar-refractivity contribution is 5.42. The molecule has 0 aliphatic heterocycles. The minimum Gasteiger partial charge on any atom is -0.504 e. The van der Waals surface area contributed by atoms with Gasteiger partial charge in [-0.25, -0.2) is 0 Å². The van der Waals surface area contributed by atoms with Crippen molar-refractivity contribution in [1.82, 2.24) is 0 Å². The van der Waals surface area contributed by atoms with Gasteiger partial charge in [0.05, 0.1) is 0 Å². The molecular weight excluding hydrogens is 188 g/mol. The average Bonchev–Trinajstić information content (AvgIpc) is 2.11. The van der Waals surface area contributed by atoms with Crippen molar-refractivity contribution in [3.05, 3.63) is 33.9 Å². The molecular formula is C8H6N2O4. The zero-order valence-corrected chi connectivity index (χ0v) is 6.91. The molecule has 0 aliphatic carbocycles. The van der Waals surface area contributed by atoms with Crippen LogP contribution in [0.3, 0.4) is 0 Å². The molecule has 0 spiro atoms. The van der Waals surface area contributed by atoms with Gasteiger partial charge in [-0.15, -0.1) is 0 Å². The van der Waals surface area contributed by atoms with Gasteiger partial charge in [0.15, 0.2) is 11.5 Å². The molecule has 0 radical (unpaired) electrons. The first-order valence-corrected chi connectivity index (χ1v) is 3.61. The quantitative estimate of drug-likeness (QED) is 0.413. The minimum absolute atomic E-state index is 0.0350. The third-order valence-electron chi connectivity index (χ3n) is 1.65. The molecule has 1 unspecified atom stereocenters. The van der Waals surface area contributed by atoms with Crippen molar-refractivity contribution in [2.24, 2.45) is 0 Å². The van der Waals surface area contributed by atoms with Gasteiger partial charge in [-0.05, 0) is 18.2 Å². The summed E-state index contributed by atoms with van der Waals surface area (Å²) in [5.74, 6) is -0.863. The summed E-state index contributed by atoms with van der Waals surface area (Å²) in [6, 6.07) is 3.25. The van der Waals surface area contributed by atoms with E-state index in [2.05, 4.69) is 0 Å². The number of rotatable bonds is 2. The highest BCUT2D eigenvalue weighted by Gasteiger charge is 2.22. The zero-order valence-electron chi connectivity index (χ0n) is 6.91. The fourth-order valence-electron chi connectivity index (χ4n) is 0.954. The molecule has 1 aromatic carbocycles. The second-order valence-corrected chi connectivity index (χ2v) is 2.57. The van der Waals surface area contributed by atoms with Gasteiger partial charge in [0.2, 0.25) is 0 Å². The molecule has 6 heteroatoms. The number of nitriles is 1. The van der Waals surface area contributed by atoms with E-state index in [1.54, 1.807) is 0 Å². The molecule has 1 aromatic rings. The zero-order chi connectivity index (χ0) is 10.7. The normalized spacial score (nSPS) is 11.6. The Balaban J connectivity index is 3.14. The molecule has 0 heterocycles. The Morgan fingerprint density at radius 3 is 2.50 bits per heavy atom. The predicted molar refractivity (Wildman–Crippen MR) is 45.1 cm³/mol. The molecule has 0 bridgehead atoms. The van der Waals surface area contributed by atoms with Crippen LogP contribution in [0.1, 0.15) is 11.6 Å². The molecule has 0 aromatic heterocycles. The fraction of sp³-hybridized carbons (Fsp3) is 0.125. The van der Waals surface area contributed by atoms with E-state index in [1.165, 1.54) is 12.1 Å². The first-order valence-electron chi connectivity index (χ1n) is 3.61. The SMILES string of the molecule is N#CC(c1ccc(O)c(O)c1)[N+](=O)[O-]. The van der Waals surface area contributed by atoms with Crippen LogP contribution < -0.4 is 0 Å². The van der Waals surface area contributed by atoms with Crippen molar-refractivity contribution < 1.29 is 15.1 Å². The molecule has 1 rings (SSSR count). The Labute approximate surface area is 78.8 Å². The Morgan fingerprint density at radius 1 is 1.43 bits per heavy atom. The number of aromatic hydroxyl groups is 2. The third-order valence-corrected chi connectivity index (χ3v) is 1.65. The number of nitro groups is 1. The molecule has 2 N–H and O–H groups in total. The van der Waals surface area contributed by atoms with E-state index in [0.717, 1.165) is 12.1 Å². The summed E-state index contributed by atoms with van der Waals surface area (Å²) in [6.45, 7) is 0. The first-order chi connectivity index (χ1) is 6.56. The largest absolute Gasteiger partial charge is 0.504 e. The van der Waals surface area contributed by atoms with Gasteiger partial charge in [-0.2, -0.15) is 5.26 Å². The molecule has 0 saturated heterocycles. The van der Waals surface area contributed by atoms with Crippen LogP contribution in [0.25, 0.3) is 0 Å². The summed E-state index contributed by atoms with van der Waals surface area (Å²) in [5, 5.41) is 36.8. The predicted octanol–water partition coefficient (Wildman–Crippen LogP) is 0.939. The second kappa shape index (κ2) is 3.62. The van der Waals surface area contributed by atoms with Gasteiger partial charge in [0, 0.05) is 10.5 Å². The maximum absolute atomic E-state index is 10.4.